The van der Waals surface area contributed by atoms with Crippen LogP contribution in [0.4, 0.5) is 5.69 Å². The third-order valence-corrected chi connectivity index (χ3v) is 3.69. The molecule has 1 amide bonds. The number of aromatic nitrogens is 1. The van der Waals surface area contributed by atoms with Gasteiger partial charge in [-0.25, -0.2) is 0 Å². The van der Waals surface area contributed by atoms with Crippen molar-refractivity contribution in [3.05, 3.63) is 65.4 Å². The highest BCUT2D eigenvalue weighted by Crippen LogP contribution is 2.22. The number of H-pyrrole nitrogens is 1. The van der Waals surface area contributed by atoms with Crippen molar-refractivity contribution in [2.75, 3.05) is 5.32 Å². The lowest BCUT2D eigenvalue weighted by Crippen LogP contribution is -2.13. The normalized spacial score (nSPS) is 10.7. The van der Waals surface area contributed by atoms with Gasteiger partial charge in [0.1, 0.15) is 0 Å². The first-order valence-electron chi connectivity index (χ1n) is 6.60. The van der Waals surface area contributed by atoms with Crippen molar-refractivity contribution in [2.45, 2.75) is 13.8 Å². The molecule has 3 heteroatoms. The molecule has 0 spiro atoms. The van der Waals surface area contributed by atoms with Gasteiger partial charge in [0.15, 0.2) is 0 Å². The summed E-state index contributed by atoms with van der Waals surface area (Å²) in [6.07, 6.45) is 1.85. The fourth-order valence-electron chi connectivity index (χ4n) is 2.36. The smallest absolute Gasteiger partial charge is 0.256 e. The third kappa shape index (κ3) is 2.07. The minimum Gasteiger partial charge on any atom is -0.361 e. The van der Waals surface area contributed by atoms with E-state index < -0.39 is 0 Å². The highest BCUT2D eigenvalue weighted by Gasteiger charge is 2.12. The second-order valence-electron chi connectivity index (χ2n) is 4.95. The van der Waals surface area contributed by atoms with Crippen molar-refractivity contribution in [3.8, 4) is 0 Å². The number of nitrogens with one attached hydrogen (secondary N) is 2. The summed E-state index contributed by atoms with van der Waals surface area (Å²) in [7, 11) is 0. The monoisotopic (exact) mass is 264 g/mol. The summed E-state index contributed by atoms with van der Waals surface area (Å²) < 4.78 is 0. The third-order valence-electron chi connectivity index (χ3n) is 3.69. The van der Waals surface area contributed by atoms with E-state index in [1.807, 2.05) is 62.5 Å². The van der Waals surface area contributed by atoms with E-state index in [4.69, 9.17) is 0 Å². The van der Waals surface area contributed by atoms with Gasteiger partial charge in [0, 0.05) is 28.4 Å². The van der Waals surface area contributed by atoms with Crippen molar-refractivity contribution in [3.63, 3.8) is 0 Å². The van der Waals surface area contributed by atoms with Crippen LogP contribution in [0.5, 0.6) is 0 Å². The van der Waals surface area contributed by atoms with Gasteiger partial charge in [0.25, 0.3) is 5.91 Å². The molecule has 0 unspecified atom stereocenters. The lowest BCUT2D eigenvalue weighted by atomic mass is 10.1. The molecule has 3 nitrogen and oxygen atoms in total. The first-order valence-corrected chi connectivity index (χ1v) is 6.60. The van der Waals surface area contributed by atoms with E-state index in [0.29, 0.717) is 5.56 Å². The number of benzene rings is 2. The molecule has 3 aromatic rings. The molecule has 0 aliphatic carbocycles. The molecule has 0 aliphatic rings. The lowest BCUT2D eigenvalue weighted by Gasteiger charge is -2.11. The average molecular weight is 264 g/mol. The van der Waals surface area contributed by atoms with Gasteiger partial charge in [-0.2, -0.15) is 0 Å². The molecule has 0 bridgehead atoms. The van der Waals surface area contributed by atoms with Gasteiger partial charge in [-0.1, -0.05) is 18.2 Å². The maximum atomic E-state index is 12.5. The molecule has 0 radical (unpaired) electrons. The Hall–Kier alpha value is -2.55. The van der Waals surface area contributed by atoms with E-state index in [1.165, 1.54) is 5.56 Å². The summed E-state index contributed by atoms with van der Waals surface area (Å²) in [6, 6.07) is 13.5. The number of fused-ring (bicyclic) bond motifs is 1. The van der Waals surface area contributed by atoms with Crippen molar-refractivity contribution in [1.29, 1.82) is 0 Å². The van der Waals surface area contributed by atoms with Crippen LogP contribution in [0, 0.1) is 13.8 Å². The fraction of sp³-hybridized carbons (Fsp3) is 0.118. The van der Waals surface area contributed by atoms with Gasteiger partial charge in [-0.05, 0) is 49.2 Å². The molecular weight excluding hydrogens is 248 g/mol. The lowest BCUT2D eigenvalue weighted by molar-refractivity contribution is 0.102. The van der Waals surface area contributed by atoms with E-state index >= 15 is 0 Å². The SMILES string of the molecule is Cc1cccc(NC(=O)c2cccc3[nH]ccc23)c1C. The molecule has 0 saturated carbocycles. The molecule has 0 saturated heterocycles. The zero-order valence-electron chi connectivity index (χ0n) is 11.5. The Balaban J connectivity index is 1.97. The summed E-state index contributed by atoms with van der Waals surface area (Å²) in [5, 5.41) is 3.94. The summed E-state index contributed by atoms with van der Waals surface area (Å²) in [4.78, 5) is 15.6. The van der Waals surface area contributed by atoms with Crippen LogP contribution < -0.4 is 5.32 Å². The van der Waals surface area contributed by atoms with Crippen LogP contribution in [0.1, 0.15) is 21.5 Å². The first-order chi connectivity index (χ1) is 9.66. The number of carbonyl (C=O) groups excluding carboxylic acids is 1. The van der Waals surface area contributed by atoms with E-state index in [9.17, 15) is 4.79 Å². The molecule has 0 fully saturated rings. The Kier molecular flexibility index (Phi) is 3.03. The number of anilines is 1. The molecule has 100 valence electrons. The van der Waals surface area contributed by atoms with Crippen molar-refractivity contribution >= 4 is 22.5 Å². The molecule has 2 N–H and O–H groups in total. The summed E-state index contributed by atoms with van der Waals surface area (Å²) in [5.41, 5.74) is 4.79. The molecule has 2 aromatic carbocycles. The molecular formula is C17H16N2O. The highest BCUT2D eigenvalue weighted by molar-refractivity contribution is 6.12. The molecule has 1 heterocycles. The van der Waals surface area contributed by atoms with Crippen molar-refractivity contribution < 1.29 is 4.79 Å². The Morgan fingerprint density at radius 1 is 1.05 bits per heavy atom. The minimum atomic E-state index is -0.0797. The molecule has 1 aromatic heterocycles. The number of hydrogen-bond donors (Lipinski definition) is 2. The number of carbonyl (C=O) groups is 1. The Morgan fingerprint density at radius 2 is 1.85 bits per heavy atom. The summed E-state index contributed by atoms with van der Waals surface area (Å²) >= 11 is 0. The number of hydrogen-bond acceptors (Lipinski definition) is 1. The van der Waals surface area contributed by atoms with Crippen LogP contribution in [-0.2, 0) is 0 Å². The summed E-state index contributed by atoms with van der Waals surface area (Å²) in [5.74, 6) is -0.0797. The van der Waals surface area contributed by atoms with Gasteiger partial charge in [0.2, 0.25) is 0 Å². The van der Waals surface area contributed by atoms with Crippen LogP contribution in [0.15, 0.2) is 48.7 Å². The molecule has 20 heavy (non-hydrogen) atoms. The quantitative estimate of drug-likeness (QED) is 0.721. The fourth-order valence-corrected chi connectivity index (χ4v) is 2.36. The van der Waals surface area contributed by atoms with Crippen molar-refractivity contribution in [1.82, 2.24) is 4.98 Å². The van der Waals surface area contributed by atoms with Gasteiger partial charge in [-0.3, -0.25) is 4.79 Å². The van der Waals surface area contributed by atoms with E-state index in [0.717, 1.165) is 22.2 Å². The van der Waals surface area contributed by atoms with E-state index in [1.54, 1.807) is 0 Å². The van der Waals surface area contributed by atoms with Gasteiger partial charge < -0.3 is 10.3 Å². The zero-order chi connectivity index (χ0) is 14.1. The second-order valence-corrected chi connectivity index (χ2v) is 4.95. The van der Waals surface area contributed by atoms with E-state index in [2.05, 4.69) is 10.3 Å². The number of aryl methyl sites for hydroxylation is 1. The number of aromatic amines is 1. The minimum absolute atomic E-state index is 0.0797. The average Bonchev–Trinajstić information content (AvgIpc) is 2.92. The maximum Gasteiger partial charge on any atom is 0.256 e. The van der Waals surface area contributed by atoms with Gasteiger partial charge >= 0.3 is 0 Å². The Labute approximate surface area is 117 Å². The van der Waals surface area contributed by atoms with Crippen LogP contribution in [0.25, 0.3) is 10.9 Å². The molecule has 0 aliphatic heterocycles. The summed E-state index contributed by atoms with van der Waals surface area (Å²) in [6.45, 7) is 4.06. The Morgan fingerprint density at radius 3 is 2.70 bits per heavy atom. The number of amides is 1. The predicted octanol–water partition coefficient (Wildman–Crippen LogP) is 4.04. The molecule has 0 atom stereocenters. The highest BCUT2D eigenvalue weighted by atomic mass is 16.1. The second kappa shape index (κ2) is 4.85. The van der Waals surface area contributed by atoms with Gasteiger partial charge in [0.05, 0.1) is 0 Å². The van der Waals surface area contributed by atoms with Crippen molar-refractivity contribution in [2.24, 2.45) is 0 Å². The first kappa shape index (κ1) is 12.5. The van der Waals surface area contributed by atoms with Gasteiger partial charge in [-0.15, -0.1) is 0 Å². The van der Waals surface area contributed by atoms with Crippen LogP contribution in [0.2, 0.25) is 0 Å². The Bertz CT molecular complexity index is 787. The van der Waals surface area contributed by atoms with Crippen LogP contribution >= 0.6 is 0 Å². The zero-order valence-corrected chi connectivity index (χ0v) is 11.5. The van der Waals surface area contributed by atoms with E-state index in [-0.39, 0.29) is 5.91 Å². The molecule has 3 rings (SSSR count). The van der Waals surface area contributed by atoms with Crippen LogP contribution in [-0.4, -0.2) is 10.9 Å². The largest absolute Gasteiger partial charge is 0.361 e. The number of rotatable bonds is 2. The maximum absolute atomic E-state index is 12.5. The predicted molar refractivity (Wildman–Crippen MR) is 82.2 cm³/mol. The topological polar surface area (TPSA) is 44.9 Å². The standard InChI is InChI=1S/C17H16N2O/c1-11-5-3-7-15(12(11)2)19-17(20)14-6-4-8-16-13(14)9-10-18-16/h3-10,18H,1-2H3,(H,19,20). The van der Waals surface area contributed by atoms with Crippen LogP contribution in [0.3, 0.4) is 0 Å².